The number of benzene rings is 3. The van der Waals surface area contributed by atoms with Crippen molar-refractivity contribution >= 4 is 33.5 Å². The number of sulfonamides is 1. The van der Waals surface area contributed by atoms with Crippen molar-refractivity contribution in [2.75, 3.05) is 13.2 Å². The van der Waals surface area contributed by atoms with Gasteiger partial charge in [0.05, 0.1) is 21.7 Å². The molecule has 0 fully saturated rings. The topological polar surface area (TPSA) is 138 Å². The number of fused-ring (bicyclic) bond motifs is 1. The zero-order chi connectivity index (χ0) is 26.0. The van der Waals surface area contributed by atoms with Gasteiger partial charge in [0.15, 0.2) is 11.5 Å². The summed E-state index contributed by atoms with van der Waals surface area (Å²) in [5.41, 5.74) is 1.99. The molecule has 0 radical (unpaired) electrons. The molecular formula is C24H18ClN5O6S. The molecule has 5 rings (SSSR count). The predicted octanol–water partition coefficient (Wildman–Crippen LogP) is 4.18. The number of aromatic nitrogens is 2. The molecule has 0 atom stereocenters. The Labute approximate surface area is 216 Å². The van der Waals surface area contributed by atoms with Crippen molar-refractivity contribution in [3.8, 4) is 28.4 Å². The number of nitro benzene ring substituents is 1. The van der Waals surface area contributed by atoms with E-state index in [0.29, 0.717) is 41.5 Å². The molecule has 1 aliphatic heterocycles. The molecule has 0 saturated heterocycles. The van der Waals surface area contributed by atoms with Crippen LogP contribution >= 0.6 is 11.6 Å². The zero-order valence-corrected chi connectivity index (χ0v) is 20.5. The van der Waals surface area contributed by atoms with Gasteiger partial charge in [-0.3, -0.25) is 10.1 Å². The van der Waals surface area contributed by atoms with Crippen molar-refractivity contribution in [2.24, 2.45) is 5.10 Å². The van der Waals surface area contributed by atoms with E-state index in [1.807, 2.05) is 36.4 Å². The molecule has 3 aromatic carbocycles. The fourth-order valence-corrected chi connectivity index (χ4v) is 4.62. The second kappa shape index (κ2) is 9.91. The van der Waals surface area contributed by atoms with E-state index >= 15 is 0 Å². The summed E-state index contributed by atoms with van der Waals surface area (Å²) in [6, 6.07) is 17.9. The molecule has 13 heteroatoms. The minimum atomic E-state index is -4.21. The van der Waals surface area contributed by atoms with Gasteiger partial charge in [0.25, 0.3) is 15.7 Å². The number of halogens is 1. The highest BCUT2D eigenvalue weighted by Gasteiger charge is 2.21. The Balaban J connectivity index is 1.49. The first-order valence-electron chi connectivity index (χ1n) is 10.9. The lowest BCUT2D eigenvalue weighted by Crippen LogP contribution is -2.18. The number of hydrazone groups is 1. The first-order chi connectivity index (χ1) is 17.8. The van der Waals surface area contributed by atoms with Gasteiger partial charge in [-0.1, -0.05) is 29.8 Å². The van der Waals surface area contributed by atoms with E-state index in [-0.39, 0.29) is 9.92 Å². The van der Waals surface area contributed by atoms with Gasteiger partial charge in [0.2, 0.25) is 0 Å². The van der Waals surface area contributed by atoms with Gasteiger partial charge in [0, 0.05) is 23.4 Å². The van der Waals surface area contributed by atoms with Crippen LogP contribution in [-0.2, 0) is 10.0 Å². The Bertz CT molecular complexity index is 1620. The van der Waals surface area contributed by atoms with Gasteiger partial charge in [-0.2, -0.15) is 18.6 Å². The average Bonchev–Trinajstić information content (AvgIpc) is 3.33. The lowest BCUT2D eigenvalue weighted by molar-refractivity contribution is -0.384. The Hall–Kier alpha value is -4.42. The number of para-hydroxylation sites is 1. The summed E-state index contributed by atoms with van der Waals surface area (Å²) in [4.78, 5) is 12.1. The largest absolute Gasteiger partial charge is 0.486 e. The SMILES string of the molecule is O=[N+]([O-])c1cc(S(=O)(=O)N/N=C\c2cn(-c3ccccc3)nc2-c2ccc3c(c2)OCCO3)ccc1Cl. The molecule has 1 aliphatic rings. The van der Waals surface area contributed by atoms with E-state index in [1.165, 1.54) is 6.21 Å². The van der Waals surface area contributed by atoms with E-state index in [0.717, 1.165) is 23.9 Å². The minimum Gasteiger partial charge on any atom is -0.486 e. The minimum absolute atomic E-state index is 0.176. The molecule has 0 bridgehead atoms. The molecule has 0 unspecified atom stereocenters. The summed E-state index contributed by atoms with van der Waals surface area (Å²) in [6.45, 7) is 0.887. The van der Waals surface area contributed by atoms with E-state index < -0.39 is 20.6 Å². The van der Waals surface area contributed by atoms with E-state index in [2.05, 4.69) is 15.0 Å². The summed E-state index contributed by atoms with van der Waals surface area (Å²) in [5, 5.41) is 19.5. The average molecular weight is 540 g/mol. The quantitative estimate of drug-likeness (QED) is 0.211. The van der Waals surface area contributed by atoms with Crippen molar-refractivity contribution in [3.63, 3.8) is 0 Å². The number of nitro groups is 1. The van der Waals surface area contributed by atoms with Crippen molar-refractivity contribution in [2.45, 2.75) is 4.90 Å². The smallest absolute Gasteiger partial charge is 0.289 e. The van der Waals surface area contributed by atoms with Crippen molar-refractivity contribution in [3.05, 3.63) is 93.6 Å². The second-order valence-corrected chi connectivity index (χ2v) is 9.86. The maximum atomic E-state index is 12.7. The first kappa shape index (κ1) is 24.3. The molecule has 0 amide bonds. The van der Waals surface area contributed by atoms with Gasteiger partial charge in [-0.05, 0) is 42.5 Å². The Morgan fingerprint density at radius 2 is 1.81 bits per heavy atom. The standard InChI is InChI=1S/C24H18ClN5O6S/c25-20-8-7-19(13-21(20)30(31)32)37(33,34)28-26-14-17-15-29(18-4-2-1-3-5-18)27-24(17)16-6-9-22-23(12-16)36-11-10-35-22/h1-9,12-15,28H,10-11H2/b26-14-. The molecule has 11 nitrogen and oxygen atoms in total. The maximum Gasteiger partial charge on any atom is 0.289 e. The molecule has 188 valence electrons. The number of hydrogen-bond donors (Lipinski definition) is 1. The predicted molar refractivity (Wildman–Crippen MR) is 136 cm³/mol. The molecule has 37 heavy (non-hydrogen) atoms. The highest BCUT2D eigenvalue weighted by molar-refractivity contribution is 7.89. The van der Waals surface area contributed by atoms with Crippen LogP contribution in [0, 0.1) is 10.1 Å². The Morgan fingerprint density at radius 1 is 1.05 bits per heavy atom. The van der Waals surface area contributed by atoms with Crippen LogP contribution in [-0.4, -0.2) is 42.5 Å². The highest BCUT2D eigenvalue weighted by atomic mass is 35.5. The van der Waals surface area contributed by atoms with Gasteiger partial charge in [-0.25, -0.2) is 9.51 Å². The summed E-state index contributed by atoms with van der Waals surface area (Å²) >= 11 is 5.79. The lowest BCUT2D eigenvalue weighted by atomic mass is 10.1. The summed E-state index contributed by atoms with van der Waals surface area (Å²) in [7, 11) is -4.21. The first-order valence-corrected chi connectivity index (χ1v) is 12.7. The van der Waals surface area contributed by atoms with Gasteiger partial charge >= 0.3 is 0 Å². The molecule has 1 N–H and O–H groups in total. The Kier molecular flexibility index (Phi) is 6.51. The lowest BCUT2D eigenvalue weighted by Gasteiger charge is -2.18. The number of hydrogen-bond acceptors (Lipinski definition) is 8. The van der Waals surface area contributed by atoms with Crippen LogP contribution in [0.3, 0.4) is 0 Å². The second-order valence-electron chi connectivity index (χ2n) is 7.79. The monoisotopic (exact) mass is 539 g/mol. The van der Waals surface area contributed by atoms with E-state index in [4.69, 9.17) is 21.1 Å². The van der Waals surface area contributed by atoms with Crippen molar-refractivity contribution in [1.29, 1.82) is 0 Å². The molecule has 0 saturated carbocycles. The van der Waals surface area contributed by atoms with Crippen molar-refractivity contribution in [1.82, 2.24) is 14.6 Å². The molecule has 2 heterocycles. The molecular weight excluding hydrogens is 522 g/mol. The number of ether oxygens (including phenoxy) is 2. The third-order valence-electron chi connectivity index (χ3n) is 5.38. The Morgan fingerprint density at radius 3 is 2.57 bits per heavy atom. The van der Waals surface area contributed by atoms with Crippen LogP contribution in [0.25, 0.3) is 16.9 Å². The fraction of sp³-hybridized carbons (Fsp3) is 0.0833. The number of nitrogens with zero attached hydrogens (tertiary/aromatic N) is 4. The van der Waals surface area contributed by atoms with Gasteiger partial charge < -0.3 is 9.47 Å². The summed E-state index contributed by atoms with van der Waals surface area (Å²) in [5.74, 6) is 1.20. The third-order valence-corrected chi connectivity index (χ3v) is 6.92. The van der Waals surface area contributed by atoms with Gasteiger partial charge in [-0.15, -0.1) is 0 Å². The molecule has 1 aromatic heterocycles. The summed E-state index contributed by atoms with van der Waals surface area (Å²) < 4.78 is 38.3. The van der Waals surface area contributed by atoms with Crippen LogP contribution in [0.5, 0.6) is 11.5 Å². The normalized spacial score (nSPS) is 13.0. The molecule has 0 spiro atoms. The van der Waals surface area contributed by atoms with E-state index in [1.54, 1.807) is 23.0 Å². The van der Waals surface area contributed by atoms with E-state index in [9.17, 15) is 18.5 Å². The number of rotatable bonds is 7. The molecule has 0 aliphatic carbocycles. The van der Waals surface area contributed by atoms with Gasteiger partial charge in [0.1, 0.15) is 23.9 Å². The summed E-state index contributed by atoms with van der Waals surface area (Å²) in [6.07, 6.45) is 3.01. The van der Waals surface area contributed by atoms with Crippen LogP contribution in [0.15, 0.2) is 82.9 Å². The van der Waals surface area contributed by atoms with Crippen LogP contribution in [0.4, 0.5) is 5.69 Å². The van der Waals surface area contributed by atoms with Crippen molar-refractivity contribution < 1.29 is 22.8 Å². The van der Waals surface area contributed by atoms with Crippen LogP contribution in [0.2, 0.25) is 5.02 Å². The molecule has 4 aromatic rings. The van der Waals surface area contributed by atoms with Crippen LogP contribution < -0.4 is 14.3 Å². The van der Waals surface area contributed by atoms with Crippen LogP contribution in [0.1, 0.15) is 5.56 Å². The third kappa shape index (κ3) is 5.10. The maximum absolute atomic E-state index is 12.7. The fourth-order valence-electron chi connectivity index (χ4n) is 3.63. The number of nitrogens with one attached hydrogen (secondary N) is 1. The zero-order valence-electron chi connectivity index (χ0n) is 18.9. The highest BCUT2D eigenvalue weighted by Crippen LogP contribution is 2.35.